The second kappa shape index (κ2) is 4.56. The van der Waals surface area contributed by atoms with E-state index in [4.69, 9.17) is 0 Å². The van der Waals surface area contributed by atoms with Crippen LogP contribution in [0.4, 0.5) is 0 Å². The van der Waals surface area contributed by atoms with Crippen LogP contribution in [0.1, 0.15) is 38.8 Å². The van der Waals surface area contributed by atoms with Crippen molar-refractivity contribution in [2.45, 2.75) is 39.7 Å². The van der Waals surface area contributed by atoms with E-state index in [2.05, 4.69) is 26.1 Å². The average Bonchev–Trinajstić information content (AvgIpc) is 2.14. The summed E-state index contributed by atoms with van der Waals surface area (Å²) in [5, 5.41) is 12.3. The van der Waals surface area contributed by atoms with E-state index in [1.807, 2.05) is 12.1 Å². The monoisotopic (exact) mass is 221 g/mol. The van der Waals surface area contributed by atoms with Crippen LogP contribution in [0.2, 0.25) is 0 Å². The molecule has 1 rings (SSSR count). The van der Waals surface area contributed by atoms with E-state index < -0.39 is 0 Å². The molecule has 0 heterocycles. The van der Waals surface area contributed by atoms with Crippen LogP contribution in [-0.4, -0.2) is 11.0 Å². The quantitative estimate of drug-likeness (QED) is 0.805. The van der Waals surface area contributed by atoms with E-state index >= 15 is 0 Å². The molecule has 88 valence electrons. The van der Waals surface area contributed by atoms with Crippen molar-refractivity contribution in [1.29, 1.82) is 0 Å². The Morgan fingerprint density at radius 2 is 2.00 bits per heavy atom. The number of aromatic hydroxyl groups is 1. The van der Waals surface area contributed by atoms with Crippen LogP contribution in [0.25, 0.3) is 0 Å². The van der Waals surface area contributed by atoms with Gasteiger partial charge < -0.3 is 10.4 Å². The van der Waals surface area contributed by atoms with Gasteiger partial charge in [-0.25, -0.2) is 0 Å². The summed E-state index contributed by atoms with van der Waals surface area (Å²) in [5.74, 6) is 0.127. The molecule has 1 aromatic rings. The van der Waals surface area contributed by atoms with Crippen LogP contribution in [0.15, 0.2) is 18.2 Å². The highest BCUT2D eigenvalue weighted by atomic mass is 16.3. The standard InChI is InChI=1S/C13H19NO2/c1-9(15)14-8-10-7-11(13(2,3)4)5-6-12(10)16/h5-7,16H,8H2,1-4H3,(H,14,15). The lowest BCUT2D eigenvalue weighted by molar-refractivity contribution is -0.119. The molecule has 1 amide bonds. The van der Waals surface area contributed by atoms with Crippen LogP contribution in [0.3, 0.4) is 0 Å². The molecule has 0 aliphatic rings. The molecular formula is C13H19NO2. The second-order valence-electron chi connectivity index (χ2n) is 5.00. The molecule has 0 aliphatic heterocycles. The molecule has 3 nitrogen and oxygen atoms in total. The maximum atomic E-state index is 10.8. The predicted molar refractivity (Wildman–Crippen MR) is 64.3 cm³/mol. The summed E-state index contributed by atoms with van der Waals surface area (Å²) < 4.78 is 0. The Kier molecular flexibility index (Phi) is 3.58. The summed E-state index contributed by atoms with van der Waals surface area (Å²) >= 11 is 0. The third-order valence-electron chi connectivity index (χ3n) is 2.47. The van der Waals surface area contributed by atoms with Crippen molar-refractivity contribution in [1.82, 2.24) is 5.32 Å². The van der Waals surface area contributed by atoms with Gasteiger partial charge in [0, 0.05) is 19.0 Å². The van der Waals surface area contributed by atoms with Gasteiger partial charge in [0.15, 0.2) is 0 Å². The van der Waals surface area contributed by atoms with Crippen molar-refractivity contribution in [2.75, 3.05) is 0 Å². The fraction of sp³-hybridized carbons (Fsp3) is 0.462. The van der Waals surface area contributed by atoms with Crippen molar-refractivity contribution in [2.24, 2.45) is 0 Å². The van der Waals surface area contributed by atoms with Gasteiger partial charge in [0.25, 0.3) is 0 Å². The second-order valence-corrected chi connectivity index (χ2v) is 5.00. The van der Waals surface area contributed by atoms with E-state index in [9.17, 15) is 9.90 Å². The fourth-order valence-corrected chi connectivity index (χ4v) is 1.41. The van der Waals surface area contributed by atoms with Crippen LogP contribution in [0, 0.1) is 0 Å². The number of hydrogen-bond acceptors (Lipinski definition) is 2. The Balaban J connectivity index is 2.95. The van der Waals surface area contributed by atoms with Crippen LogP contribution < -0.4 is 5.32 Å². The van der Waals surface area contributed by atoms with Gasteiger partial charge in [-0.3, -0.25) is 4.79 Å². The number of benzene rings is 1. The lowest BCUT2D eigenvalue weighted by Gasteiger charge is -2.20. The highest BCUT2D eigenvalue weighted by molar-refractivity contribution is 5.72. The highest BCUT2D eigenvalue weighted by Crippen LogP contribution is 2.27. The number of carbonyl (C=O) groups excluding carboxylic acids is 1. The SMILES string of the molecule is CC(=O)NCc1cc(C(C)(C)C)ccc1O. The van der Waals surface area contributed by atoms with Gasteiger partial charge >= 0.3 is 0 Å². The normalized spacial score (nSPS) is 11.2. The van der Waals surface area contributed by atoms with E-state index in [1.54, 1.807) is 6.07 Å². The first-order valence-corrected chi connectivity index (χ1v) is 5.37. The lowest BCUT2D eigenvalue weighted by Crippen LogP contribution is -2.19. The summed E-state index contributed by atoms with van der Waals surface area (Å²) in [5.41, 5.74) is 1.94. The first-order chi connectivity index (χ1) is 7.30. The van der Waals surface area contributed by atoms with E-state index in [-0.39, 0.29) is 17.1 Å². The predicted octanol–water partition coefficient (Wildman–Crippen LogP) is 2.33. The number of phenolic OH excluding ortho intramolecular Hbond substituents is 1. The molecule has 0 aliphatic carbocycles. The van der Waals surface area contributed by atoms with Gasteiger partial charge in [0.05, 0.1) is 0 Å². The van der Waals surface area contributed by atoms with Crippen LogP contribution in [-0.2, 0) is 16.8 Å². The molecule has 0 radical (unpaired) electrons. The van der Waals surface area contributed by atoms with Crippen molar-refractivity contribution >= 4 is 5.91 Å². The number of nitrogens with one attached hydrogen (secondary N) is 1. The van der Waals surface area contributed by atoms with Gasteiger partial charge in [-0.1, -0.05) is 26.8 Å². The Morgan fingerprint density at radius 3 is 2.50 bits per heavy atom. The summed E-state index contributed by atoms with van der Waals surface area (Å²) in [6.45, 7) is 8.17. The van der Waals surface area contributed by atoms with Gasteiger partial charge in [-0.15, -0.1) is 0 Å². The fourth-order valence-electron chi connectivity index (χ4n) is 1.41. The van der Waals surface area contributed by atoms with Gasteiger partial charge in [-0.05, 0) is 23.1 Å². The summed E-state index contributed by atoms with van der Waals surface area (Å²) in [6, 6.07) is 5.52. The Morgan fingerprint density at radius 1 is 1.38 bits per heavy atom. The zero-order valence-electron chi connectivity index (χ0n) is 10.3. The Labute approximate surface area is 96.5 Å². The molecule has 0 saturated heterocycles. The number of rotatable bonds is 2. The summed E-state index contributed by atoms with van der Waals surface area (Å²) in [6.07, 6.45) is 0. The molecule has 0 aromatic heterocycles. The largest absolute Gasteiger partial charge is 0.508 e. The first-order valence-electron chi connectivity index (χ1n) is 5.37. The summed E-state index contributed by atoms with van der Waals surface area (Å²) in [4.78, 5) is 10.8. The minimum Gasteiger partial charge on any atom is -0.508 e. The zero-order chi connectivity index (χ0) is 12.3. The molecule has 16 heavy (non-hydrogen) atoms. The van der Waals surface area contributed by atoms with E-state index in [1.165, 1.54) is 6.92 Å². The first kappa shape index (κ1) is 12.6. The van der Waals surface area contributed by atoms with E-state index in [0.29, 0.717) is 6.54 Å². The maximum Gasteiger partial charge on any atom is 0.217 e. The zero-order valence-corrected chi connectivity index (χ0v) is 10.3. The molecular weight excluding hydrogens is 202 g/mol. The average molecular weight is 221 g/mol. The minimum absolute atomic E-state index is 0.0404. The van der Waals surface area contributed by atoms with E-state index in [0.717, 1.165) is 11.1 Å². The topological polar surface area (TPSA) is 49.3 Å². The molecule has 0 atom stereocenters. The molecule has 0 fully saturated rings. The number of hydrogen-bond donors (Lipinski definition) is 2. The van der Waals surface area contributed by atoms with Gasteiger partial charge in [-0.2, -0.15) is 0 Å². The molecule has 1 aromatic carbocycles. The van der Waals surface area contributed by atoms with Gasteiger partial charge in [0.1, 0.15) is 5.75 Å². The lowest BCUT2D eigenvalue weighted by atomic mass is 9.86. The molecule has 0 saturated carbocycles. The third-order valence-corrected chi connectivity index (χ3v) is 2.47. The molecule has 0 unspecified atom stereocenters. The Bertz CT molecular complexity index is 391. The number of phenols is 1. The third kappa shape index (κ3) is 3.26. The maximum absolute atomic E-state index is 10.8. The van der Waals surface area contributed by atoms with Crippen molar-refractivity contribution in [3.8, 4) is 5.75 Å². The number of carbonyl (C=O) groups is 1. The highest BCUT2D eigenvalue weighted by Gasteiger charge is 2.15. The summed E-state index contributed by atoms with van der Waals surface area (Å²) in [7, 11) is 0. The minimum atomic E-state index is -0.0967. The molecule has 3 heteroatoms. The van der Waals surface area contributed by atoms with Crippen LogP contribution >= 0.6 is 0 Å². The molecule has 0 bridgehead atoms. The van der Waals surface area contributed by atoms with Crippen molar-refractivity contribution in [3.63, 3.8) is 0 Å². The van der Waals surface area contributed by atoms with Crippen molar-refractivity contribution in [3.05, 3.63) is 29.3 Å². The van der Waals surface area contributed by atoms with Crippen molar-refractivity contribution < 1.29 is 9.90 Å². The van der Waals surface area contributed by atoms with Crippen LogP contribution in [0.5, 0.6) is 5.75 Å². The Hall–Kier alpha value is -1.51. The number of amides is 1. The smallest absolute Gasteiger partial charge is 0.217 e. The molecule has 2 N–H and O–H groups in total. The molecule has 0 spiro atoms. The van der Waals surface area contributed by atoms with Gasteiger partial charge in [0.2, 0.25) is 5.91 Å².